The number of hydrogen-bond acceptors (Lipinski definition) is 3. The highest BCUT2D eigenvalue weighted by Crippen LogP contribution is 2.38. The summed E-state index contributed by atoms with van der Waals surface area (Å²) >= 11 is 0. The number of nitrogens with zero attached hydrogens (tertiary/aromatic N) is 2. The molecule has 0 bridgehead atoms. The monoisotopic (exact) mass is 255 g/mol. The van der Waals surface area contributed by atoms with Gasteiger partial charge in [0.15, 0.2) is 0 Å². The number of nitrogens with one attached hydrogen (secondary N) is 1. The average molecular weight is 255 g/mol. The zero-order chi connectivity index (χ0) is 11.9. The van der Waals surface area contributed by atoms with Crippen LogP contribution in [0.4, 0.5) is 0 Å². The van der Waals surface area contributed by atoms with E-state index >= 15 is 0 Å². The molecule has 0 unspecified atom stereocenters. The lowest BCUT2D eigenvalue weighted by atomic mass is 9.83. The van der Waals surface area contributed by atoms with Crippen molar-refractivity contribution < 1.29 is 8.42 Å². The third-order valence-electron chi connectivity index (χ3n) is 3.83. The second kappa shape index (κ2) is 4.10. The molecule has 1 aliphatic carbocycles. The van der Waals surface area contributed by atoms with E-state index in [1.807, 2.05) is 0 Å². The molecule has 1 saturated carbocycles. The molecule has 1 aliphatic heterocycles. The van der Waals surface area contributed by atoms with Crippen molar-refractivity contribution >= 4 is 10.0 Å². The van der Waals surface area contributed by atoms with Gasteiger partial charge in [-0.1, -0.05) is 6.42 Å². The molecular formula is C11H17N3O2S. The van der Waals surface area contributed by atoms with Gasteiger partial charge in [-0.2, -0.15) is 9.40 Å². The largest absolute Gasteiger partial charge is 0.281 e. The van der Waals surface area contributed by atoms with E-state index in [0.29, 0.717) is 23.9 Å². The minimum Gasteiger partial charge on any atom is -0.281 e. The SMILES string of the molecule is O=S(=O)(c1cn[nH]c1C1CCC1)N1CCCC1. The van der Waals surface area contributed by atoms with Gasteiger partial charge in [0.2, 0.25) is 10.0 Å². The number of sulfonamides is 1. The van der Waals surface area contributed by atoms with E-state index in [4.69, 9.17) is 0 Å². The van der Waals surface area contributed by atoms with Crippen LogP contribution in [0.25, 0.3) is 0 Å². The Morgan fingerprint density at radius 2 is 1.94 bits per heavy atom. The van der Waals surface area contributed by atoms with Crippen molar-refractivity contribution in [1.29, 1.82) is 0 Å². The van der Waals surface area contributed by atoms with Gasteiger partial charge in [-0.05, 0) is 25.7 Å². The van der Waals surface area contributed by atoms with E-state index in [-0.39, 0.29) is 0 Å². The van der Waals surface area contributed by atoms with Crippen LogP contribution >= 0.6 is 0 Å². The topological polar surface area (TPSA) is 66.1 Å². The lowest BCUT2D eigenvalue weighted by molar-refractivity contribution is 0.402. The highest BCUT2D eigenvalue weighted by Gasteiger charge is 2.34. The van der Waals surface area contributed by atoms with Crippen LogP contribution in [-0.4, -0.2) is 36.0 Å². The lowest BCUT2D eigenvalue weighted by Crippen LogP contribution is -2.29. The first-order valence-electron chi connectivity index (χ1n) is 6.23. The maximum atomic E-state index is 12.4. The summed E-state index contributed by atoms with van der Waals surface area (Å²) in [4.78, 5) is 0.407. The van der Waals surface area contributed by atoms with Crippen LogP contribution in [0, 0.1) is 0 Å². The normalized spacial score (nSPS) is 22.8. The van der Waals surface area contributed by atoms with Crippen molar-refractivity contribution in [1.82, 2.24) is 14.5 Å². The van der Waals surface area contributed by atoms with E-state index in [0.717, 1.165) is 31.4 Å². The molecule has 6 heteroatoms. The fraction of sp³-hybridized carbons (Fsp3) is 0.727. The Hall–Kier alpha value is -0.880. The predicted molar refractivity (Wildman–Crippen MR) is 63.2 cm³/mol. The van der Waals surface area contributed by atoms with E-state index in [1.54, 1.807) is 4.31 Å². The van der Waals surface area contributed by atoms with Crippen molar-refractivity contribution in [2.24, 2.45) is 0 Å². The molecule has 1 saturated heterocycles. The van der Waals surface area contributed by atoms with E-state index in [1.165, 1.54) is 12.6 Å². The molecule has 1 N–H and O–H groups in total. The molecule has 0 spiro atoms. The zero-order valence-electron chi connectivity index (χ0n) is 9.72. The molecule has 0 aromatic carbocycles. The standard InChI is InChI=1S/C11H17N3O2S/c15-17(16,14-6-1-2-7-14)10-8-12-13-11(10)9-4-3-5-9/h8-9H,1-7H2,(H,12,13). The third kappa shape index (κ3) is 1.79. The number of H-pyrrole nitrogens is 1. The van der Waals surface area contributed by atoms with Gasteiger partial charge >= 0.3 is 0 Å². The van der Waals surface area contributed by atoms with E-state index < -0.39 is 10.0 Å². The van der Waals surface area contributed by atoms with Gasteiger partial charge in [0, 0.05) is 19.0 Å². The van der Waals surface area contributed by atoms with Crippen molar-refractivity contribution in [3.63, 3.8) is 0 Å². The molecular weight excluding hydrogens is 238 g/mol. The fourth-order valence-corrected chi connectivity index (χ4v) is 4.24. The highest BCUT2D eigenvalue weighted by molar-refractivity contribution is 7.89. The van der Waals surface area contributed by atoms with Crippen LogP contribution in [0.3, 0.4) is 0 Å². The van der Waals surface area contributed by atoms with Crippen molar-refractivity contribution in [2.75, 3.05) is 13.1 Å². The predicted octanol–water partition coefficient (Wildman–Crippen LogP) is 1.46. The summed E-state index contributed by atoms with van der Waals surface area (Å²) in [5.41, 5.74) is 0.822. The lowest BCUT2D eigenvalue weighted by Gasteiger charge is -2.25. The van der Waals surface area contributed by atoms with Gasteiger partial charge in [-0.25, -0.2) is 8.42 Å². The summed E-state index contributed by atoms with van der Waals surface area (Å²) in [6.07, 6.45) is 6.75. The first-order valence-corrected chi connectivity index (χ1v) is 7.67. The Morgan fingerprint density at radius 1 is 1.24 bits per heavy atom. The van der Waals surface area contributed by atoms with Gasteiger partial charge in [0.05, 0.1) is 11.9 Å². The smallest absolute Gasteiger partial charge is 0.246 e. The molecule has 0 radical (unpaired) electrons. The quantitative estimate of drug-likeness (QED) is 0.889. The summed E-state index contributed by atoms with van der Waals surface area (Å²) in [5.74, 6) is 0.366. The van der Waals surface area contributed by atoms with E-state index in [2.05, 4.69) is 10.2 Å². The second-order valence-electron chi connectivity index (χ2n) is 4.89. The molecule has 94 valence electrons. The first-order chi connectivity index (χ1) is 8.19. The molecule has 0 amide bonds. The summed E-state index contributed by atoms with van der Waals surface area (Å²) in [6, 6.07) is 0. The Bertz CT molecular complexity index is 499. The number of aromatic amines is 1. The van der Waals surface area contributed by atoms with Gasteiger partial charge in [-0.3, -0.25) is 5.10 Å². The van der Waals surface area contributed by atoms with Gasteiger partial charge in [0.1, 0.15) is 4.90 Å². The summed E-state index contributed by atoms with van der Waals surface area (Å²) in [6.45, 7) is 1.30. The summed E-state index contributed by atoms with van der Waals surface area (Å²) in [7, 11) is -3.31. The molecule has 17 heavy (non-hydrogen) atoms. The summed E-state index contributed by atoms with van der Waals surface area (Å²) < 4.78 is 26.4. The van der Waals surface area contributed by atoms with Crippen molar-refractivity contribution in [2.45, 2.75) is 42.9 Å². The van der Waals surface area contributed by atoms with Crippen LogP contribution in [0.5, 0.6) is 0 Å². The number of hydrogen-bond donors (Lipinski definition) is 1. The summed E-state index contributed by atoms with van der Waals surface area (Å²) in [5, 5.41) is 6.81. The van der Waals surface area contributed by atoms with Gasteiger partial charge < -0.3 is 0 Å². The van der Waals surface area contributed by atoms with Crippen LogP contribution in [0.1, 0.15) is 43.7 Å². The Labute approximate surface area is 101 Å². The Balaban J connectivity index is 1.94. The maximum absolute atomic E-state index is 12.4. The molecule has 2 fully saturated rings. The average Bonchev–Trinajstić information content (AvgIpc) is 2.84. The van der Waals surface area contributed by atoms with Gasteiger partial charge in [-0.15, -0.1) is 0 Å². The first kappa shape index (κ1) is 11.2. The molecule has 1 aromatic rings. The number of aromatic nitrogens is 2. The molecule has 2 heterocycles. The van der Waals surface area contributed by atoms with Crippen LogP contribution in [0.2, 0.25) is 0 Å². The van der Waals surface area contributed by atoms with E-state index in [9.17, 15) is 8.42 Å². The minimum atomic E-state index is -3.31. The molecule has 1 aromatic heterocycles. The number of rotatable bonds is 3. The van der Waals surface area contributed by atoms with Gasteiger partial charge in [0.25, 0.3) is 0 Å². The van der Waals surface area contributed by atoms with Crippen LogP contribution in [0.15, 0.2) is 11.1 Å². The molecule has 2 aliphatic rings. The minimum absolute atomic E-state index is 0.366. The molecule has 0 atom stereocenters. The third-order valence-corrected chi connectivity index (χ3v) is 5.75. The highest BCUT2D eigenvalue weighted by atomic mass is 32.2. The second-order valence-corrected chi connectivity index (χ2v) is 6.79. The molecule has 3 rings (SSSR count). The van der Waals surface area contributed by atoms with Crippen molar-refractivity contribution in [3.8, 4) is 0 Å². The zero-order valence-corrected chi connectivity index (χ0v) is 10.5. The van der Waals surface area contributed by atoms with Crippen molar-refractivity contribution in [3.05, 3.63) is 11.9 Å². The Morgan fingerprint density at radius 3 is 2.53 bits per heavy atom. The van der Waals surface area contributed by atoms with Crippen LogP contribution in [-0.2, 0) is 10.0 Å². The maximum Gasteiger partial charge on any atom is 0.246 e. The van der Waals surface area contributed by atoms with Crippen LogP contribution < -0.4 is 0 Å². The Kier molecular flexibility index (Phi) is 2.71. The molecule has 5 nitrogen and oxygen atoms in total. The fourth-order valence-electron chi connectivity index (χ4n) is 2.55.